The maximum absolute atomic E-state index is 13.1. The first-order valence-electron chi connectivity index (χ1n) is 3.91. The molecule has 13 heavy (non-hydrogen) atoms. The monoisotopic (exact) mass is 179 g/mol. The van der Waals surface area contributed by atoms with Crippen molar-refractivity contribution in [2.45, 2.75) is 0 Å². The molecular weight excluding hydrogens is 169 g/mol. The zero-order valence-corrected chi connectivity index (χ0v) is 7.05. The van der Waals surface area contributed by atoms with E-state index < -0.39 is 5.82 Å². The first-order chi connectivity index (χ1) is 6.27. The van der Waals surface area contributed by atoms with E-state index in [0.29, 0.717) is 24.3 Å². The molecule has 3 nitrogen and oxygen atoms in total. The van der Waals surface area contributed by atoms with Crippen molar-refractivity contribution >= 4 is 5.69 Å². The van der Waals surface area contributed by atoms with E-state index >= 15 is 0 Å². The summed E-state index contributed by atoms with van der Waals surface area (Å²) in [4.78, 5) is 0. The maximum Gasteiger partial charge on any atom is 0.147 e. The Hall–Kier alpha value is -1.60. The van der Waals surface area contributed by atoms with Crippen molar-refractivity contribution in [3.8, 4) is 6.07 Å². The summed E-state index contributed by atoms with van der Waals surface area (Å²) in [6.45, 7) is 0.961. The third kappa shape index (κ3) is 2.42. The molecule has 1 aromatic carbocycles. The van der Waals surface area contributed by atoms with Gasteiger partial charge in [0, 0.05) is 13.1 Å². The van der Waals surface area contributed by atoms with Gasteiger partial charge in [-0.05, 0) is 18.2 Å². The van der Waals surface area contributed by atoms with E-state index in [0.717, 1.165) is 0 Å². The fourth-order valence-electron chi connectivity index (χ4n) is 0.935. The quantitative estimate of drug-likeness (QED) is 0.729. The second kappa shape index (κ2) is 4.43. The topological polar surface area (TPSA) is 61.8 Å². The van der Waals surface area contributed by atoms with E-state index in [1.165, 1.54) is 12.1 Å². The van der Waals surface area contributed by atoms with Crippen molar-refractivity contribution in [3.63, 3.8) is 0 Å². The van der Waals surface area contributed by atoms with Crippen LogP contribution in [0.2, 0.25) is 0 Å². The lowest BCUT2D eigenvalue weighted by Crippen LogP contribution is -2.13. The summed E-state index contributed by atoms with van der Waals surface area (Å²) < 4.78 is 13.1. The molecule has 0 atom stereocenters. The fourth-order valence-corrected chi connectivity index (χ4v) is 0.935. The van der Waals surface area contributed by atoms with Gasteiger partial charge in [-0.3, -0.25) is 0 Å². The SMILES string of the molecule is N#Cc1ccc(NCCN)c(F)c1. The second-order valence-electron chi connectivity index (χ2n) is 2.52. The summed E-state index contributed by atoms with van der Waals surface area (Å²) in [6, 6.07) is 6.14. The molecule has 0 bridgehead atoms. The number of nitriles is 1. The molecule has 0 unspecified atom stereocenters. The highest BCUT2D eigenvalue weighted by Gasteiger charge is 2.01. The Morgan fingerprint density at radius 2 is 2.31 bits per heavy atom. The van der Waals surface area contributed by atoms with Crippen molar-refractivity contribution in [3.05, 3.63) is 29.6 Å². The number of nitrogens with zero attached hydrogens (tertiary/aromatic N) is 1. The van der Waals surface area contributed by atoms with Gasteiger partial charge < -0.3 is 11.1 Å². The predicted octanol–water partition coefficient (Wildman–Crippen LogP) is 1.07. The lowest BCUT2D eigenvalue weighted by Gasteiger charge is -2.05. The van der Waals surface area contributed by atoms with Crippen LogP contribution in [0.15, 0.2) is 18.2 Å². The van der Waals surface area contributed by atoms with E-state index in [2.05, 4.69) is 5.32 Å². The molecule has 0 saturated heterocycles. The third-order valence-electron chi connectivity index (χ3n) is 1.56. The molecule has 0 aliphatic carbocycles. The van der Waals surface area contributed by atoms with Crippen LogP contribution in [0.1, 0.15) is 5.56 Å². The lowest BCUT2D eigenvalue weighted by molar-refractivity contribution is 0.629. The zero-order valence-electron chi connectivity index (χ0n) is 7.05. The van der Waals surface area contributed by atoms with Gasteiger partial charge in [-0.2, -0.15) is 5.26 Å². The van der Waals surface area contributed by atoms with Crippen LogP contribution in [0.3, 0.4) is 0 Å². The Bertz CT molecular complexity index is 330. The molecule has 0 saturated carbocycles. The van der Waals surface area contributed by atoms with Crippen molar-refractivity contribution in [1.82, 2.24) is 0 Å². The van der Waals surface area contributed by atoms with Crippen LogP contribution in [0, 0.1) is 17.1 Å². The Kier molecular flexibility index (Phi) is 3.23. The summed E-state index contributed by atoms with van der Waals surface area (Å²) in [6.07, 6.45) is 0. The number of halogens is 1. The Balaban J connectivity index is 2.81. The van der Waals surface area contributed by atoms with Crippen LogP contribution in [-0.4, -0.2) is 13.1 Å². The van der Waals surface area contributed by atoms with Crippen molar-refractivity contribution in [1.29, 1.82) is 5.26 Å². The number of hydrogen-bond acceptors (Lipinski definition) is 3. The minimum atomic E-state index is -0.424. The maximum atomic E-state index is 13.1. The minimum Gasteiger partial charge on any atom is -0.381 e. The van der Waals surface area contributed by atoms with E-state index in [-0.39, 0.29) is 0 Å². The van der Waals surface area contributed by atoms with Gasteiger partial charge >= 0.3 is 0 Å². The molecule has 0 aliphatic heterocycles. The van der Waals surface area contributed by atoms with E-state index in [9.17, 15) is 4.39 Å². The van der Waals surface area contributed by atoms with E-state index in [1.807, 2.05) is 6.07 Å². The smallest absolute Gasteiger partial charge is 0.147 e. The van der Waals surface area contributed by atoms with Gasteiger partial charge in [0.2, 0.25) is 0 Å². The van der Waals surface area contributed by atoms with Gasteiger partial charge in [0.15, 0.2) is 0 Å². The van der Waals surface area contributed by atoms with Crippen molar-refractivity contribution < 1.29 is 4.39 Å². The molecule has 0 spiro atoms. The van der Waals surface area contributed by atoms with Gasteiger partial charge in [-0.15, -0.1) is 0 Å². The molecule has 68 valence electrons. The van der Waals surface area contributed by atoms with Gasteiger partial charge in [0.25, 0.3) is 0 Å². The second-order valence-corrected chi connectivity index (χ2v) is 2.52. The molecule has 0 heterocycles. The highest BCUT2D eigenvalue weighted by atomic mass is 19.1. The van der Waals surface area contributed by atoms with Crippen LogP contribution >= 0.6 is 0 Å². The molecule has 0 aromatic heterocycles. The number of anilines is 1. The van der Waals surface area contributed by atoms with E-state index in [4.69, 9.17) is 11.0 Å². The molecule has 0 aliphatic rings. The number of nitrogens with one attached hydrogen (secondary N) is 1. The highest BCUT2D eigenvalue weighted by Crippen LogP contribution is 2.14. The molecule has 1 rings (SSSR count). The largest absolute Gasteiger partial charge is 0.381 e. The zero-order chi connectivity index (χ0) is 9.68. The van der Waals surface area contributed by atoms with Crippen LogP contribution in [-0.2, 0) is 0 Å². The summed E-state index contributed by atoms with van der Waals surface area (Å²) in [5.41, 5.74) is 5.94. The molecule has 4 heteroatoms. The van der Waals surface area contributed by atoms with Gasteiger partial charge in [0.1, 0.15) is 5.82 Å². The van der Waals surface area contributed by atoms with Gasteiger partial charge in [-0.25, -0.2) is 4.39 Å². The van der Waals surface area contributed by atoms with E-state index in [1.54, 1.807) is 6.07 Å². The number of hydrogen-bond donors (Lipinski definition) is 2. The van der Waals surface area contributed by atoms with Crippen molar-refractivity contribution in [2.75, 3.05) is 18.4 Å². The summed E-state index contributed by atoms with van der Waals surface area (Å²) in [5.74, 6) is -0.424. The van der Waals surface area contributed by atoms with Gasteiger partial charge in [-0.1, -0.05) is 0 Å². The average molecular weight is 179 g/mol. The Morgan fingerprint density at radius 3 is 2.85 bits per heavy atom. The average Bonchev–Trinajstić information content (AvgIpc) is 2.16. The Labute approximate surface area is 76.0 Å². The number of rotatable bonds is 3. The summed E-state index contributed by atoms with van der Waals surface area (Å²) >= 11 is 0. The Morgan fingerprint density at radius 1 is 1.54 bits per heavy atom. The van der Waals surface area contributed by atoms with Crippen LogP contribution in [0.5, 0.6) is 0 Å². The van der Waals surface area contributed by atoms with Crippen LogP contribution in [0.4, 0.5) is 10.1 Å². The predicted molar refractivity (Wildman–Crippen MR) is 48.7 cm³/mol. The molecular formula is C9H10FN3. The summed E-state index contributed by atoms with van der Waals surface area (Å²) in [5, 5.41) is 11.3. The molecule has 1 aromatic rings. The first-order valence-corrected chi connectivity index (χ1v) is 3.91. The number of nitrogens with two attached hydrogens (primary N) is 1. The fraction of sp³-hybridized carbons (Fsp3) is 0.222. The normalized spacial score (nSPS) is 9.31. The van der Waals surface area contributed by atoms with Crippen molar-refractivity contribution in [2.24, 2.45) is 5.73 Å². The molecule has 0 amide bonds. The first kappa shape index (κ1) is 9.49. The molecule has 0 fully saturated rings. The van der Waals surface area contributed by atoms with Gasteiger partial charge in [0.05, 0.1) is 17.3 Å². The molecule has 3 N–H and O–H groups in total. The van der Waals surface area contributed by atoms with Crippen LogP contribution in [0.25, 0.3) is 0 Å². The lowest BCUT2D eigenvalue weighted by atomic mass is 10.2. The van der Waals surface area contributed by atoms with Crippen LogP contribution < -0.4 is 11.1 Å². The summed E-state index contributed by atoms with van der Waals surface area (Å²) in [7, 11) is 0. The number of benzene rings is 1. The minimum absolute atomic E-state index is 0.316. The highest BCUT2D eigenvalue weighted by molar-refractivity contribution is 5.48. The standard InChI is InChI=1S/C9H10FN3/c10-8-5-7(6-12)1-2-9(8)13-4-3-11/h1-2,5,13H,3-4,11H2. The molecule has 0 radical (unpaired) electrons. The third-order valence-corrected chi connectivity index (χ3v) is 1.56.